The largest absolute Gasteiger partial charge is 0.497 e. The zero-order valence-corrected chi connectivity index (χ0v) is 18.7. The number of hydrogen-bond acceptors (Lipinski definition) is 7. The molecule has 9 nitrogen and oxygen atoms in total. The zero-order valence-electron chi connectivity index (χ0n) is 18.7. The maximum Gasteiger partial charge on any atom is 0.253 e. The minimum absolute atomic E-state index is 0.166. The molecule has 0 bridgehead atoms. The number of aromatic amines is 1. The molecule has 0 spiro atoms. The summed E-state index contributed by atoms with van der Waals surface area (Å²) in [5.41, 5.74) is 3.77. The number of pyridine rings is 1. The molecule has 0 unspecified atom stereocenters. The lowest BCUT2D eigenvalue weighted by Gasteiger charge is -2.34. The molecule has 5 rings (SSSR count). The summed E-state index contributed by atoms with van der Waals surface area (Å²) in [5.74, 6) is 1.32. The molecule has 33 heavy (non-hydrogen) atoms. The van der Waals surface area contributed by atoms with Gasteiger partial charge in [0, 0.05) is 31.8 Å². The lowest BCUT2D eigenvalue weighted by Crippen LogP contribution is -2.38. The van der Waals surface area contributed by atoms with E-state index in [0.29, 0.717) is 36.8 Å². The molecule has 0 radical (unpaired) electrons. The highest BCUT2D eigenvalue weighted by Gasteiger charge is 2.32. The van der Waals surface area contributed by atoms with Gasteiger partial charge in [-0.3, -0.25) is 9.69 Å². The summed E-state index contributed by atoms with van der Waals surface area (Å²) in [6.45, 7) is 2.47. The van der Waals surface area contributed by atoms with Crippen LogP contribution in [0.2, 0.25) is 0 Å². The average molecular weight is 447 g/mol. The van der Waals surface area contributed by atoms with Crippen LogP contribution in [0.1, 0.15) is 28.6 Å². The van der Waals surface area contributed by atoms with Crippen molar-refractivity contribution in [2.75, 3.05) is 27.4 Å². The van der Waals surface area contributed by atoms with Gasteiger partial charge in [-0.1, -0.05) is 24.3 Å². The third-order valence-electron chi connectivity index (χ3n) is 6.21. The molecule has 0 amide bonds. The Morgan fingerprint density at radius 1 is 1.12 bits per heavy atom. The number of fused-ring (bicyclic) bond motifs is 2. The second-order valence-electron chi connectivity index (χ2n) is 8.15. The molecule has 2 aromatic heterocycles. The Morgan fingerprint density at radius 2 is 1.97 bits per heavy atom. The lowest BCUT2D eigenvalue weighted by molar-refractivity contribution is 0.169. The van der Waals surface area contributed by atoms with Gasteiger partial charge in [0.25, 0.3) is 5.56 Å². The smallest absolute Gasteiger partial charge is 0.253 e. The number of nitrogens with zero attached hydrogens (tertiary/aromatic N) is 5. The number of nitrogens with one attached hydrogen (secondary N) is 1. The van der Waals surface area contributed by atoms with Crippen molar-refractivity contribution in [1.29, 1.82) is 0 Å². The first-order valence-electron chi connectivity index (χ1n) is 10.9. The SMILES string of the molecule is COCCn1nnnc1[C@H](c1cc2ccc(OC)cc2[nH]c1=O)N1CCc2ccccc2C1. The molecule has 1 N–H and O–H groups in total. The number of aromatic nitrogens is 5. The molecule has 0 fully saturated rings. The van der Waals surface area contributed by atoms with Crippen molar-refractivity contribution < 1.29 is 9.47 Å². The molecule has 0 aliphatic carbocycles. The lowest BCUT2D eigenvalue weighted by atomic mass is 9.96. The van der Waals surface area contributed by atoms with Gasteiger partial charge in [0.1, 0.15) is 11.8 Å². The van der Waals surface area contributed by atoms with Gasteiger partial charge in [-0.25, -0.2) is 4.68 Å². The minimum atomic E-state index is -0.402. The van der Waals surface area contributed by atoms with Gasteiger partial charge < -0.3 is 14.5 Å². The van der Waals surface area contributed by atoms with Gasteiger partial charge in [-0.05, 0) is 51.6 Å². The molecular formula is C24H26N6O3. The van der Waals surface area contributed by atoms with E-state index >= 15 is 0 Å². The maximum absolute atomic E-state index is 13.4. The number of rotatable bonds is 7. The first-order valence-corrected chi connectivity index (χ1v) is 10.9. The molecule has 170 valence electrons. The third kappa shape index (κ3) is 4.12. The Kier molecular flexibility index (Phi) is 5.89. The fourth-order valence-corrected chi connectivity index (χ4v) is 4.51. The third-order valence-corrected chi connectivity index (χ3v) is 6.21. The van der Waals surface area contributed by atoms with Crippen LogP contribution >= 0.6 is 0 Å². The van der Waals surface area contributed by atoms with Gasteiger partial charge in [0.05, 0.1) is 25.8 Å². The van der Waals surface area contributed by atoms with Crippen LogP contribution in [0.4, 0.5) is 0 Å². The van der Waals surface area contributed by atoms with Crippen molar-refractivity contribution >= 4 is 10.9 Å². The first kappa shape index (κ1) is 21.3. The van der Waals surface area contributed by atoms with Crippen LogP contribution in [-0.2, 0) is 24.2 Å². The van der Waals surface area contributed by atoms with E-state index in [1.807, 2.05) is 24.3 Å². The Hall–Kier alpha value is -3.56. The van der Waals surface area contributed by atoms with Crippen molar-refractivity contribution in [3.63, 3.8) is 0 Å². The Labute approximate surface area is 190 Å². The summed E-state index contributed by atoms with van der Waals surface area (Å²) in [4.78, 5) is 18.7. The monoisotopic (exact) mass is 446 g/mol. The maximum atomic E-state index is 13.4. The molecule has 9 heteroatoms. The quantitative estimate of drug-likeness (QED) is 0.465. The van der Waals surface area contributed by atoms with E-state index in [1.165, 1.54) is 11.1 Å². The van der Waals surface area contributed by atoms with Gasteiger partial charge in [-0.15, -0.1) is 5.10 Å². The number of H-pyrrole nitrogens is 1. The average Bonchev–Trinajstić information content (AvgIpc) is 3.30. The van der Waals surface area contributed by atoms with Gasteiger partial charge >= 0.3 is 0 Å². The summed E-state index contributed by atoms with van der Waals surface area (Å²) < 4.78 is 12.3. The Balaban J connectivity index is 1.63. The number of benzene rings is 2. The minimum Gasteiger partial charge on any atom is -0.497 e. The molecular weight excluding hydrogens is 420 g/mol. The Morgan fingerprint density at radius 3 is 2.79 bits per heavy atom. The molecule has 2 aromatic carbocycles. The van der Waals surface area contributed by atoms with Crippen molar-refractivity contribution in [1.82, 2.24) is 30.1 Å². The van der Waals surface area contributed by atoms with Crippen molar-refractivity contribution in [2.24, 2.45) is 0 Å². The molecule has 1 aliphatic heterocycles. The van der Waals surface area contributed by atoms with Crippen LogP contribution in [0.15, 0.2) is 53.3 Å². The van der Waals surface area contributed by atoms with E-state index in [9.17, 15) is 4.79 Å². The van der Waals surface area contributed by atoms with Gasteiger partial charge in [0.15, 0.2) is 5.82 Å². The summed E-state index contributed by atoms with van der Waals surface area (Å²) in [6, 6.07) is 15.6. The van der Waals surface area contributed by atoms with E-state index < -0.39 is 6.04 Å². The number of tetrazole rings is 1. The highest BCUT2D eigenvalue weighted by Crippen LogP contribution is 2.32. The Bertz CT molecular complexity index is 1330. The van der Waals surface area contributed by atoms with Crippen LogP contribution in [0.5, 0.6) is 5.75 Å². The standard InChI is InChI=1S/C24H26N6O3/c1-32-12-11-30-23(26-27-28-30)22(29-10-9-16-5-3-4-6-18(16)15-29)20-13-17-7-8-19(33-2)14-21(17)25-24(20)31/h3-8,13-14,22H,9-12,15H2,1-2H3,(H,25,31)/t22-/m0/s1. The fourth-order valence-electron chi connectivity index (χ4n) is 4.51. The van der Waals surface area contributed by atoms with Crippen LogP contribution in [-0.4, -0.2) is 57.5 Å². The van der Waals surface area contributed by atoms with Gasteiger partial charge in [-0.2, -0.15) is 0 Å². The predicted molar refractivity (Wildman–Crippen MR) is 123 cm³/mol. The topological polar surface area (TPSA) is 98.2 Å². The van der Waals surface area contributed by atoms with Crippen LogP contribution in [0, 0.1) is 0 Å². The van der Waals surface area contributed by atoms with E-state index in [1.54, 1.807) is 18.9 Å². The summed E-state index contributed by atoms with van der Waals surface area (Å²) >= 11 is 0. The molecule has 0 saturated carbocycles. The van der Waals surface area contributed by atoms with Crippen LogP contribution < -0.4 is 10.3 Å². The second kappa shape index (κ2) is 9.13. The molecule has 3 heterocycles. The fraction of sp³-hybridized carbons (Fsp3) is 0.333. The number of methoxy groups -OCH3 is 2. The first-order chi connectivity index (χ1) is 16.2. The summed E-state index contributed by atoms with van der Waals surface area (Å²) in [5, 5.41) is 13.4. The molecule has 1 atom stereocenters. The van der Waals surface area contributed by atoms with E-state index in [2.05, 4.69) is 49.7 Å². The summed E-state index contributed by atoms with van der Waals surface area (Å²) in [7, 11) is 3.25. The second-order valence-corrected chi connectivity index (χ2v) is 8.15. The van der Waals surface area contributed by atoms with E-state index in [0.717, 1.165) is 23.9 Å². The molecule has 4 aromatic rings. The molecule has 1 aliphatic rings. The highest BCUT2D eigenvalue weighted by molar-refractivity contribution is 5.80. The normalized spacial score (nSPS) is 14.8. The van der Waals surface area contributed by atoms with Crippen molar-refractivity contribution in [3.05, 3.63) is 81.4 Å². The number of hydrogen-bond donors (Lipinski definition) is 1. The van der Waals surface area contributed by atoms with Gasteiger partial charge in [0.2, 0.25) is 0 Å². The predicted octanol–water partition coefficient (Wildman–Crippen LogP) is 2.32. The van der Waals surface area contributed by atoms with E-state index in [4.69, 9.17) is 9.47 Å². The van der Waals surface area contributed by atoms with Crippen molar-refractivity contribution in [3.8, 4) is 5.75 Å². The highest BCUT2D eigenvalue weighted by atomic mass is 16.5. The van der Waals surface area contributed by atoms with Crippen LogP contribution in [0.25, 0.3) is 10.9 Å². The van der Waals surface area contributed by atoms with Crippen LogP contribution in [0.3, 0.4) is 0 Å². The number of ether oxygens (including phenoxy) is 2. The summed E-state index contributed by atoms with van der Waals surface area (Å²) in [6.07, 6.45) is 0.898. The zero-order chi connectivity index (χ0) is 22.8. The van der Waals surface area contributed by atoms with Crippen molar-refractivity contribution in [2.45, 2.75) is 25.6 Å². The van der Waals surface area contributed by atoms with E-state index in [-0.39, 0.29) is 5.56 Å². The molecule has 0 saturated heterocycles.